The van der Waals surface area contributed by atoms with Crippen molar-refractivity contribution in [1.82, 2.24) is 14.7 Å². The van der Waals surface area contributed by atoms with Crippen molar-refractivity contribution in [2.75, 3.05) is 25.0 Å². The van der Waals surface area contributed by atoms with E-state index in [1.807, 2.05) is 42.4 Å². The first-order valence-electron chi connectivity index (χ1n) is 7.91. The number of rotatable bonds is 4. The Morgan fingerprint density at radius 3 is 2.78 bits per heavy atom. The van der Waals surface area contributed by atoms with Gasteiger partial charge in [0.25, 0.3) is 5.91 Å². The second kappa shape index (κ2) is 6.83. The van der Waals surface area contributed by atoms with Crippen LogP contribution in [0, 0.1) is 5.92 Å². The van der Waals surface area contributed by atoms with Crippen molar-refractivity contribution in [1.29, 1.82) is 0 Å². The molecular formula is C17H22N4O2. The van der Waals surface area contributed by atoms with Gasteiger partial charge in [-0.25, -0.2) is 0 Å². The molecule has 6 heteroatoms. The van der Waals surface area contributed by atoms with Gasteiger partial charge in [0, 0.05) is 44.2 Å². The average Bonchev–Trinajstić information content (AvgIpc) is 2.99. The van der Waals surface area contributed by atoms with Crippen LogP contribution in [0.1, 0.15) is 23.2 Å². The smallest absolute Gasteiger partial charge is 0.253 e. The molecule has 0 atom stereocenters. The Morgan fingerprint density at radius 1 is 1.35 bits per heavy atom. The number of amides is 1. The van der Waals surface area contributed by atoms with E-state index in [0.29, 0.717) is 24.6 Å². The first kappa shape index (κ1) is 15.6. The van der Waals surface area contributed by atoms with E-state index in [1.165, 1.54) is 0 Å². The number of anilines is 2. The maximum atomic E-state index is 12.6. The van der Waals surface area contributed by atoms with Crippen molar-refractivity contribution in [3.8, 4) is 0 Å². The van der Waals surface area contributed by atoms with Crippen LogP contribution in [0.2, 0.25) is 0 Å². The molecule has 0 bridgehead atoms. The summed E-state index contributed by atoms with van der Waals surface area (Å²) < 4.78 is 1.72. The second-order valence-electron chi connectivity index (χ2n) is 6.03. The number of carbonyl (C=O) groups excluding carboxylic acids is 1. The van der Waals surface area contributed by atoms with Crippen LogP contribution in [-0.2, 0) is 7.05 Å². The van der Waals surface area contributed by atoms with Gasteiger partial charge in [0.15, 0.2) is 0 Å². The highest BCUT2D eigenvalue weighted by Crippen LogP contribution is 2.21. The molecule has 0 radical (unpaired) electrons. The second-order valence-corrected chi connectivity index (χ2v) is 6.03. The fourth-order valence-corrected chi connectivity index (χ4v) is 2.88. The van der Waals surface area contributed by atoms with Gasteiger partial charge in [-0.05, 0) is 37.0 Å². The highest BCUT2D eigenvalue weighted by Gasteiger charge is 2.23. The molecule has 1 aromatic carbocycles. The number of aliphatic hydroxyl groups is 1. The third kappa shape index (κ3) is 3.71. The molecule has 23 heavy (non-hydrogen) atoms. The van der Waals surface area contributed by atoms with E-state index in [1.54, 1.807) is 10.9 Å². The molecule has 1 fully saturated rings. The Bertz CT molecular complexity index is 675. The standard InChI is InChI=1S/C17H22N4O2/c1-20-11-16(10-18-20)19-15-4-2-3-14(9-15)17(23)21-7-5-13(12-22)6-8-21/h2-4,9-11,13,19,22H,5-8,12H2,1H3. The molecule has 6 nitrogen and oxygen atoms in total. The first-order valence-corrected chi connectivity index (χ1v) is 7.91. The zero-order chi connectivity index (χ0) is 16.2. The van der Waals surface area contributed by atoms with Crippen LogP contribution in [0.25, 0.3) is 0 Å². The molecule has 0 saturated carbocycles. The number of hydrogen-bond donors (Lipinski definition) is 2. The molecule has 1 amide bonds. The molecule has 0 spiro atoms. The van der Waals surface area contributed by atoms with E-state index < -0.39 is 0 Å². The molecule has 2 heterocycles. The van der Waals surface area contributed by atoms with Crippen molar-refractivity contribution in [2.24, 2.45) is 13.0 Å². The monoisotopic (exact) mass is 314 g/mol. The van der Waals surface area contributed by atoms with Gasteiger partial charge in [-0.2, -0.15) is 5.10 Å². The zero-order valence-corrected chi connectivity index (χ0v) is 13.3. The van der Waals surface area contributed by atoms with Gasteiger partial charge in [-0.1, -0.05) is 6.07 Å². The highest BCUT2D eigenvalue weighted by atomic mass is 16.3. The first-order chi connectivity index (χ1) is 11.2. The minimum Gasteiger partial charge on any atom is -0.396 e. The average molecular weight is 314 g/mol. The number of benzene rings is 1. The third-order valence-corrected chi connectivity index (χ3v) is 4.26. The number of nitrogens with zero attached hydrogens (tertiary/aromatic N) is 3. The minimum atomic E-state index is 0.0521. The van der Waals surface area contributed by atoms with Gasteiger partial charge in [-0.15, -0.1) is 0 Å². The predicted molar refractivity (Wildman–Crippen MR) is 88.6 cm³/mol. The molecule has 1 aliphatic heterocycles. The molecule has 0 aliphatic carbocycles. The number of likely N-dealkylation sites (tertiary alicyclic amines) is 1. The molecular weight excluding hydrogens is 292 g/mol. The van der Waals surface area contributed by atoms with Gasteiger partial charge in [0.1, 0.15) is 0 Å². The number of hydrogen-bond acceptors (Lipinski definition) is 4. The van der Waals surface area contributed by atoms with Crippen molar-refractivity contribution in [3.63, 3.8) is 0 Å². The van der Waals surface area contributed by atoms with Crippen LogP contribution in [0.3, 0.4) is 0 Å². The molecule has 2 N–H and O–H groups in total. The lowest BCUT2D eigenvalue weighted by Crippen LogP contribution is -2.39. The van der Waals surface area contributed by atoms with Gasteiger partial charge in [-0.3, -0.25) is 9.48 Å². The van der Waals surface area contributed by atoms with Crippen molar-refractivity contribution in [3.05, 3.63) is 42.2 Å². The quantitative estimate of drug-likeness (QED) is 0.905. The number of piperidine rings is 1. The van der Waals surface area contributed by atoms with E-state index in [9.17, 15) is 9.90 Å². The van der Waals surface area contributed by atoms with Crippen molar-refractivity contribution >= 4 is 17.3 Å². The summed E-state index contributed by atoms with van der Waals surface area (Å²) in [4.78, 5) is 14.5. The van der Waals surface area contributed by atoms with Gasteiger partial charge >= 0.3 is 0 Å². The van der Waals surface area contributed by atoms with Crippen LogP contribution in [-0.4, -0.2) is 45.4 Å². The summed E-state index contributed by atoms with van der Waals surface area (Å²) in [5, 5.41) is 16.6. The minimum absolute atomic E-state index is 0.0521. The molecule has 2 aromatic rings. The summed E-state index contributed by atoms with van der Waals surface area (Å²) in [6.45, 7) is 1.64. The predicted octanol–water partition coefficient (Wildman–Crippen LogP) is 2.01. The normalized spacial score (nSPS) is 15.7. The Labute approximate surface area is 135 Å². The zero-order valence-electron chi connectivity index (χ0n) is 13.3. The summed E-state index contributed by atoms with van der Waals surface area (Å²) in [5.74, 6) is 0.383. The van der Waals surface area contributed by atoms with Gasteiger partial charge < -0.3 is 15.3 Å². The number of aromatic nitrogens is 2. The maximum Gasteiger partial charge on any atom is 0.253 e. The molecule has 0 unspecified atom stereocenters. The van der Waals surface area contributed by atoms with Crippen LogP contribution < -0.4 is 5.32 Å². The Morgan fingerprint density at radius 2 is 2.13 bits per heavy atom. The molecule has 122 valence electrons. The number of aryl methyl sites for hydroxylation is 1. The van der Waals surface area contributed by atoms with Crippen molar-refractivity contribution in [2.45, 2.75) is 12.8 Å². The lowest BCUT2D eigenvalue weighted by Gasteiger charge is -2.31. The van der Waals surface area contributed by atoms with E-state index in [0.717, 1.165) is 24.2 Å². The molecule has 1 aliphatic rings. The SMILES string of the molecule is Cn1cc(Nc2cccc(C(=O)N3CCC(CO)CC3)c2)cn1. The van der Waals surface area contributed by atoms with Crippen molar-refractivity contribution < 1.29 is 9.90 Å². The molecule has 1 saturated heterocycles. The van der Waals surface area contributed by atoms with E-state index in [2.05, 4.69) is 10.4 Å². The summed E-state index contributed by atoms with van der Waals surface area (Å²) in [5.41, 5.74) is 2.44. The number of carbonyl (C=O) groups is 1. The Hall–Kier alpha value is -2.34. The van der Waals surface area contributed by atoms with E-state index in [4.69, 9.17) is 0 Å². The maximum absolute atomic E-state index is 12.6. The third-order valence-electron chi connectivity index (χ3n) is 4.26. The lowest BCUT2D eigenvalue weighted by molar-refractivity contribution is 0.0651. The fourth-order valence-electron chi connectivity index (χ4n) is 2.88. The highest BCUT2D eigenvalue weighted by molar-refractivity contribution is 5.95. The summed E-state index contributed by atoms with van der Waals surface area (Å²) in [6, 6.07) is 7.52. The Kier molecular flexibility index (Phi) is 4.62. The molecule has 3 rings (SSSR count). The van der Waals surface area contributed by atoms with Crippen LogP contribution >= 0.6 is 0 Å². The Balaban J connectivity index is 1.68. The number of aliphatic hydroxyl groups excluding tert-OH is 1. The summed E-state index contributed by atoms with van der Waals surface area (Å²) in [7, 11) is 1.86. The largest absolute Gasteiger partial charge is 0.396 e. The van der Waals surface area contributed by atoms with E-state index >= 15 is 0 Å². The lowest BCUT2D eigenvalue weighted by atomic mass is 9.97. The van der Waals surface area contributed by atoms with Gasteiger partial charge in [0.05, 0.1) is 11.9 Å². The topological polar surface area (TPSA) is 70.4 Å². The van der Waals surface area contributed by atoms with Crippen LogP contribution in [0.15, 0.2) is 36.7 Å². The number of nitrogens with one attached hydrogen (secondary N) is 1. The van der Waals surface area contributed by atoms with Gasteiger partial charge in [0.2, 0.25) is 0 Å². The summed E-state index contributed by atoms with van der Waals surface area (Å²) >= 11 is 0. The fraction of sp³-hybridized carbons (Fsp3) is 0.412. The van der Waals surface area contributed by atoms with E-state index in [-0.39, 0.29) is 12.5 Å². The van der Waals surface area contributed by atoms with Crippen LogP contribution in [0.5, 0.6) is 0 Å². The summed E-state index contributed by atoms with van der Waals surface area (Å²) in [6.07, 6.45) is 5.37. The molecule has 1 aromatic heterocycles. The van der Waals surface area contributed by atoms with Crippen LogP contribution in [0.4, 0.5) is 11.4 Å².